The van der Waals surface area contributed by atoms with Gasteiger partial charge in [0.2, 0.25) is 5.91 Å². The van der Waals surface area contributed by atoms with Gasteiger partial charge >= 0.3 is 0 Å². The summed E-state index contributed by atoms with van der Waals surface area (Å²) in [5, 5.41) is 6.08. The van der Waals surface area contributed by atoms with E-state index in [1.54, 1.807) is 11.8 Å². The van der Waals surface area contributed by atoms with Crippen molar-refractivity contribution in [2.45, 2.75) is 38.0 Å². The van der Waals surface area contributed by atoms with E-state index in [1.807, 2.05) is 0 Å². The molecule has 2 N–H and O–H groups in total. The molecule has 1 rings (SSSR count). The predicted octanol–water partition coefficient (Wildman–Crippen LogP) is 2.80. The molecule has 1 aromatic rings. The van der Waals surface area contributed by atoms with E-state index in [-0.39, 0.29) is 11.3 Å². The molecule has 4 heteroatoms. The van der Waals surface area contributed by atoms with E-state index in [1.165, 1.54) is 5.56 Å². The fourth-order valence-corrected chi connectivity index (χ4v) is 2.45. The van der Waals surface area contributed by atoms with Gasteiger partial charge in [0.05, 0.1) is 5.75 Å². The number of nitrogens with one attached hydrogen (secondary N) is 2. The van der Waals surface area contributed by atoms with Crippen molar-refractivity contribution in [3.63, 3.8) is 0 Å². The molecule has 0 atom stereocenters. The first kappa shape index (κ1) is 17.1. The monoisotopic (exact) mass is 294 g/mol. The third-order valence-corrected chi connectivity index (χ3v) is 3.98. The van der Waals surface area contributed by atoms with Gasteiger partial charge in [-0.15, -0.1) is 11.8 Å². The molecule has 0 aliphatic carbocycles. The summed E-state index contributed by atoms with van der Waals surface area (Å²) in [6.07, 6.45) is 0. The number of thioether (sulfide) groups is 1. The van der Waals surface area contributed by atoms with E-state index in [9.17, 15) is 4.79 Å². The molecule has 0 aromatic heterocycles. The summed E-state index contributed by atoms with van der Waals surface area (Å²) in [5.74, 6) is 0.564. The van der Waals surface area contributed by atoms with Crippen LogP contribution in [0.3, 0.4) is 0 Å². The van der Waals surface area contributed by atoms with E-state index in [0.717, 1.165) is 18.0 Å². The Labute approximate surface area is 126 Å². The fraction of sp³-hybridized carbons (Fsp3) is 0.562. The number of carbonyl (C=O) groups excluding carboxylic acids is 1. The van der Waals surface area contributed by atoms with Crippen LogP contribution in [0, 0.1) is 0 Å². The molecule has 0 aliphatic heterocycles. The van der Waals surface area contributed by atoms with Crippen molar-refractivity contribution >= 4 is 17.7 Å². The van der Waals surface area contributed by atoms with Crippen molar-refractivity contribution in [2.75, 3.05) is 25.4 Å². The van der Waals surface area contributed by atoms with E-state index >= 15 is 0 Å². The summed E-state index contributed by atoms with van der Waals surface area (Å²) in [6.45, 7) is 11.1. The van der Waals surface area contributed by atoms with Crippen LogP contribution in [0.25, 0.3) is 0 Å². The van der Waals surface area contributed by atoms with Crippen molar-refractivity contribution in [3.05, 3.63) is 29.8 Å². The molecule has 1 aromatic carbocycles. The third kappa shape index (κ3) is 6.44. The fourth-order valence-electron chi connectivity index (χ4n) is 1.72. The zero-order chi connectivity index (χ0) is 15.0. The maximum absolute atomic E-state index is 11.6. The Morgan fingerprint density at radius 2 is 1.80 bits per heavy atom. The highest BCUT2D eigenvalue weighted by atomic mass is 32.2. The van der Waals surface area contributed by atoms with E-state index in [0.29, 0.717) is 12.3 Å². The molecule has 0 aliphatic rings. The Bertz CT molecular complexity index is 409. The second kappa shape index (κ2) is 8.32. The Morgan fingerprint density at radius 3 is 2.35 bits per heavy atom. The lowest BCUT2D eigenvalue weighted by Crippen LogP contribution is -2.32. The number of likely N-dealkylation sites (N-methyl/N-ethyl adjacent to an activating group) is 1. The number of amides is 1. The van der Waals surface area contributed by atoms with Gasteiger partial charge in [-0.2, -0.15) is 0 Å². The van der Waals surface area contributed by atoms with Gasteiger partial charge in [0.1, 0.15) is 0 Å². The molecule has 0 saturated carbocycles. The van der Waals surface area contributed by atoms with Gasteiger partial charge in [0.15, 0.2) is 0 Å². The van der Waals surface area contributed by atoms with Crippen LogP contribution in [0.4, 0.5) is 0 Å². The summed E-state index contributed by atoms with van der Waals surface area (Å²) < 4.78 is 0. The Balaban J connectivity index is 2.33. The van der Waals surface area contributed by atoms with Gasteiger partial charge in [-0.1, -0.05) is 39.8 Å². The van der Waals surface area contributed by atoms with Crippen LogP contribution in [0.1, 0.15) is 33.3 Å². The Kier molecular flexibility index (Phi) is 7.10. The van der Waals surface area contributed by atoms with Gasteiger partial charge in [-0.3, -0.25) is 4.79 Å². The quantitative estimate of drug-likeness (QED) is 0.600. The van der Waals surface area contributed by atoms with Crippen LogP contribution < -0.4 is 10.6 Å². The molecule has 0 heterocycles. The number of benzene rings is 1. The maximum Gasteiger partial charge on any atom is 0.230 e. The smallest absolute Gasteiger partial charge is 0.230 e. The van der Waals surface area contributed by atoms with Gasteiger partial charge < -0.3 is 10.6 Å². The van der Waals surface area contributed by atoms with Crippen LogP contribution in [0.15, 0.2) is 29.2 Å². The normalized spacial score (nSPS) is 11.4. The summed E-state index contributed by atoms with van der Waals surface area (Å²) in [7, 11) is 0. The maximum atomic E-state index is 11.6. The second-order valence-electron chi connectivity index (χ2n) is 5.77. The summed E-state index contributed by atoms with van der Waals surface area (Å²) in [5.41, 5.74) is 1.49. The third-order valence-electron chi connectivity index (χ3n) is 2.96. The average Bonchev–Trinajstić information content (AvgIpc) is 2.41. The molecule has 0 bridgehead atoms. The van der Waals surface area contributed by atoms with Crippen LogP contribution >= 0.6 is 11.8 Å². The van der Waals surface area contributed by atoms with Gasteiger partial charge in [0.25, 0.3) is 0 Å². The minimum absolute atomic E-state index is 0.0906. The zero-order valence-corrected chi connectivity index (χ0v) is 13.8. The number of hydrogen-bond donors (Lipinski definition) is 2. The lowest BCUT2D eigenvalue weighted by molar-refractivity contribution is -0.118. The lowest BCUT2D eigenvalue weighted by Gasteiger charge is -2.19. The average molecular weight is 294 g/mol. The van der Waals surface area contributed by atoms with Gasteiger partial charge in [-0.05, 0) is 29.7 Å². The minimum Gasteiger partial charge on any atom is -0.354 e. The number of carbonyl (C=O) groups is 1. The van der Waals surface area contributed by atoms with Crippen molar-refractivity contribution in [1.29, 1.82) is 0 Å². The standard InChI is InChI=1S/C16H26N2OS/c1-5-17-10-11-18-15(19)12-20-14-8-6-13(7-9-14)16(2,3)4/h6-9,17H,5,10-12H2,1-4H3,(H,18,19). The van der Waals surface area contributed by atoms with Crippen molar-refractivity contribution < 1.29 is 4.79 Å². The van der Waals surface area contributed by atoms with Gasteiger partial charge in [0, 0.05) is 18.0 Å². The summed E-state index contributed by atoms with van der Waals surface area (Å²) >= 11 is 1.58. The first-order chi connectivity index (χ1) is 9.43. The van der Waals surface area contributed by atoms with Crippen LogP contribution in [0.2, 0.25) is 0 Å². The van der Waals surface area contributed by atoms with E-state index in [4.69, 9.17) is 0 Å². The number of hydrogen-bond acceptors (Lipinski definition) is 3. The van der Waals surface area contributed by atoms with Crippen molar-refractivity contribution in [3.8, 4) is 0 Å². The Morgan fingerprint density at radius 1 is 1.15 bits per heavy atom. The highest BCUT2D eigenvalue weighted by Gasteiger charge is 2.13. The van der Waals surface area contributed by atoms with Crippen molar-refractivity contribution in [2.24, 2.45) is 0 Å². The van der Waals surface area contributed by atoms with E-state index in [2.05, 4.69) is 62.6 Å². The SMILES string of the molecule is CCNCCNC(=O)CSc1ccc(C(C)(C)C)cc1. The lowest BCUT2D eigenvalue weighted by atomic mass is 9.87. The molecule has 0 radical (unpaired) electrons. The molecule has 0 fully saturated rings. The Hall–Kier alpha value is -1.00. The summed E-state index contributed by atoms with van der Waals surface area (Å²) in [6, 6.07) is 8.48. The molecule has 0 unspecified atom stereocenters. The molecule has 112 valence electrons. The highest BCUT2D eigenvalue weighted by Crippen LogP contribution is 2.25. The second-order valence-corrected chi connectivity index (χ2v) is 6.82. The highest BCUT2D eigenvalue weighted by molar-refractivity contribution is 8.00. The van der Waals surface area contributed by atoms with Crippen LogP contribution in [-0.4, -0.2) is 31.3 Å². The predicted molar refractivity (Wildman–Crippen MR) is 87.4 cm³/mol. The molecule has 0 saturated heterocycles. The first-order valence-corrected chi connectivity index (χ1v) is 8.13. The topological polar surface area (TPSA) is 41.1 Å². The molecule has 20 heavy (non-hydrogen) atoms. The molecular weight excluding hydrogens is 268 g/mol. The largest absolute Gasteiger partial charge is 0.354 e. The minimum atomic E-state index is 0.0906. The molecule has 3 nitrogen and oxygen atoms in total. The summed E-state index contributed by atoms with van der Waals surface area (Å²) in [4.78, 5) is 12.8. The first-order valence-electron chi connectivity index (χ1n) is 7.14. The van der Waals surface area contributed by atoms with Gasteiger partial charge in [-0.25, -0.2) is 0 Å². The van der Waals surface area contributed by atoms with Crippen LogP contribution in [-0.2, 0) is 10.2 Å². The number of rotatable bonds is 7. The molecular formula is C16H26N2OS. The van der Waals surface area contributed by atoms with Crippen molar-refractivity contribution in [1.82, 2.24) is 10.6 Å². The molecule has 1 amide bonds. The molecule has 0 spiro atoms. The zero-order valence-electron chi connectivity index (χ0n) is 13.0. The van der Waals surface area contributed by atoms with E-state index < -0.39 is 0 Å². The van der Waals surface area contributed by atoms with Crippen LogP contribution in [0.5, 0.6) is 0 Å².